The molecule has 0 fully saturated rings. The molecule has 0 saturated heterocycles. The molecule has 0 aliphatic rings. The molecule has 1 aromatic heterocycles. The average Bonchev–Trinajstić information content (AvgIpc) is 2.60. The van der Waals surface area contributed by atoms with Gasteiger partial charge >= 0.3 is 5.97 Å². The molecule has 4 heteroatoms. The summed E-state index contributed by atoms with van der Waals surface area (Å²) in [6.45, 7) is 0.246. The van der Waals surface area contributed by atoms with Crippen molar-refractivity contribution in [3.8, 4) is 0 Å². The molecular weight excluding hydrogens is 342 g/mol. The molecule has 22 heavy (non-hydrogen) atoms. The van der Waals surface area contributed by atoms with Gasteiger partial charge in [0.1, 0.15) is 6.61 Å². The van der Waals surface area contributed by atoms with E-state index in [0.29, 0.717) is 5.56 Å². The Bertz CT molecular complexity index is 803. The van der Waals surface area contributed by atoms with E-state index in [-0.39, 0.29) is 12.6 Å². The van der Waals surface area contributed by atoms with Gasteiger partial charge in [-0.2, -0.15) is 0 Å². The predicted molar refractivity (Wildman–Crippen MR) is 89.9 cm³/mol. The topological polar surface area (TPSA) is 39.2 Å². The number of hydrogen-bond donors (Lipinski definition) is 0. The highest BCUT2D eigenvalue weighted by Crippen LogP contribution is 2.25. The van der Waals surface area contributed by atoms with Crippen LogP contribution in [-0.4, -0.2) is 11.0 Å². The number of carbonyl (C=O) groups excluding carboxylic acids is 1. The number of ether oxygens (including phenoxy) is 1. The number of fused-ring (bicyclic) bond motifs is 1. The van der Waals surface area contributed by atoms with Gasteiger partial charge in [-0.3, -0.25) is 4.98 Å². The van der Waals surface area contributed by atoms with E-state index < -0.39 is 0 Å². The maximum Gasteiger partial charge on any atom is 0.340 e. The van der Waals surface area contributed by atoms with E-state index in [1.54, 1.807) is 18.3 Å². The third-order valence-corrected chi connectivity index (χ3v) is 4.13. The highest BCUT2D eigenvalue weighted by Gasteiger charge is 2.11. The molecule has 110 valence electrons. The molecule has 3 rings (SSSR count). The number of carbonyl (C=O) groups is 1. The van der Waals surface area contributed by atoms with Crippen molar-refractivity contribution in [1.82, 2.24) is 4.98 Å². The number of alkyl halides is 1. The van der Waals surface area contributed by atoms with Crippen molar-refractivity contribution in [1.29, 1.82) is 0 Å². The van der Waals surface area contributed by atoms with Gasteiger partial charge in [0.15, 0.2) is 0 Å². The molecule has 2 aromatic carbocycles. The minimum atomic E-state index is -0.360. The van der Waals surface area contributed by atoms with Gasteiger partial charge in [0.25, 0.3) is 0 Å². The first kappa shape index (κ1) is 14.7. The Labute approximate surface area is 137 Å². The fourth-order valence-electron chi connectivity index (χ4n) is 2.38. The van der Waals surface area contributed by atoms with Crippen LogP contribution in [0.4, 0.5) is 0 Å². The van der Waals surface area contributed by atoms with Gasteiger partial charge in [0.2, 0.25) is 0 Å². The lowest BCUT2D eigenvalue weighted by molar-refractivity contribution is 0.0473. The number of nitrogens with zero attached hydrogens (tertiary/aromatic N) is 1. The molecule has 3 nitrogen and oxygen atoms in total. The van der Waals surface area contributed by atoms with E-state index >= 15 is 0 Å². The van der Waals surface area contributed by atoms with Crippen LogP contribution in [0.1, 0.15) is 21.5 Å². The summed E-state index contributed by atoms with van der Waals surface area (Å²) in [5.41, 5.74) is 2.62. The number of halogens is 1. The second kappa shape index (κ2) is 6.71. The largest absolute Gasteiger partial charge is 0.457 e. The maximum atomic E-state index is 12.1. The number of hydrogen-bond acceptors (Lipinski definition) is 3. The number of benzene rings is 2. The summed E-state index contributed by atoms with van der Waals surface area (Å²) >= 11 is 3.50. The van der Waals surface area contributed by atoms with Crippen LogP contribution in [0.15, 0.2) is 60.9 Å². The minimum Gasteiger partial charge on any atom is -0.457 e. The predicted octanol–water partition coefficient (Wildman–Crippen LogP) is 4.49. The zero-order chi connectivity index (χ0) is 15.4. The molecule has 0 saturated carbocycles. The molecule has 1 heterocycles. The lowest BCUT2D eigenvalue weighted by atomic mass is 10.0. The van der Waals surface area contributed by atoms with E-state index in [0.717, 1.165) is 27.2 Å². The highest BCUT2D eigenvalue weighted by atomic mass is 79.9. The first-order chi connectivity index (χ1) is 10.8. The van der Waals surface area contributed by atoms with E-state index in [1.807, 2.05) is 12.1 Å². The van der Waals surface area contributed by atoms with Crippen LogP contribution in [0.5, 0.6) is 0 Å². The Kier molecular flexibility index (Phi) is 4.49. The Balaban J connectivity index is 1.88. The van der Waals surface area contributed by atoms with Crippen molar-refractivity contribution >= 4 is 32.7 Å². The summed E-state index contributed by atoms with van der Waals surface area (Å²) in [7, 11) is 0. The van der Waals surface area contributed by atoms with Crippen LogP contribution >= 0.6 is 15.9 Å². The Morgan fingerprint density at radius 2 is 1.95 bits per heavy atom. The number of aromatic nitrogens is 1. The summed E-state index contributed by atoms with van der Waals surface area (Å²) in [6, 6.07) is 15.7. The van der Waals surface area contributed by atoms with Gasteiger partial charge < -0.3 is 4.74 Å². The zero-order valence-electron chi connectivity index (χ0n) is 11.8. The second-order valence-electron chi connectivity index (χ2n) is 4.88. The third kappa shape index (κ3) is 3.02. The van der Waals surface area contributed by atoms with E-state index in [4.69, 9.17) is 4.74 Å². The lowest BCUT2D eigenvalue weighted by Crippen LogP contribution is -2.07. The highest BCUT2D eigenvalue weighted by molar-refractivity contribution is 9.08. The van der Waals surface area contributed by atoms with Crippen molar-refractivity contribution in [2.24, 2.45) is 0 Å². The normalized spacial score (nSPS) is 10.6. The summed E-state index contributed by atoms with van der Waals surface area (Å²) in [4.78, 5) is 16.0. The molecule has 0 unspecified atom stereocenters. The maximum absolute atomic E-state index is 12.1. The molecule has 0 N–H and O–H groups in total. The van der Waals surface area contributed by atoms with Crippen LogP contribution in [0, 0.1) is 0 Å². The number of pyridine rings is 1. The minimum absolute atomic E-state index is 0.246. The summed E-state index contributed by atoms with van der Waals surface area (Å²) in [5.74, 6) is -0.360. The van der Waals surface area contributed by atoms with Crippen LogP contribution < -0.4 is 0 Å². The average molecular weight is 356 g/mol. The van der Waals surface area contributed by atoms with Gasteiger partial charge in [-0.05, 0) is 28.5 Å². The first-order valence-electron chi connectivity index (χ1n) is 6.92. The monoisotopic (exact) mass is 355 g/mol. The van der Waals surface area contributed by atoms with Crippen LogP contribution in [0.25, 0.3) is 10.8 Å². The Hall–Kier alpha value is -2.20. The van der Waals surface area contributed by atoms with E-state index in [1.165, 1.54) is 6.20 Å². The molecule has 0 radical (unpaired) electrons. The molecule has 0 amide bonds. The van der Waals surface area contributed by atoms with Crippen molar-refractivity contribution < 1.29 is 9.53 Å². The first-order valence-corrected chi connectivity index (χ1v) is 8.04. The molecule has 0 bridgehead atoms. The fraction of sp³-hybridized carbons (Fsp3) is 0.111. The molecule has 0 atom stereocenters. The van der Waals surface area contributed by atoms with Crippen LogP contribution in [0.2, 0.25) is 0 Å². The van der Waals surface area contributed by atoms with Gasteiger partial charge in [-0.15, -0.1) is 0 Å². The second-order valence-corrected chi connectivity index (χ2v) is 5.44. The van der Waals surface area contributed by atoms with Gasteiger partial charge in [-0.1, -0.05) is 52.3 Å². The van der Waals surface area contributed by atoms with Crippen molar-refractivity contribution in [3.63, 3.8) is 0 Å². The van der Waals surface area contributed by atoms with Gasteiger partial charge in [-0.25, -0.2) is 4.79 Å². The fourth-order valence-corrected chi connectivity index (χ4v) is 2.91. The zero-order valence-corrected chi connectivity index (χ0v) is 13.4. The summed E-state index contributed by atoms with van der Waals surface area (Å²) in [5, 5.41) is 2.97. The molecular formula is C18H14BrNO2. The Morgan fingerprint density at radius 3 is 2.73 bits per heavy atom. The third-order valence-electron chi connectivity index (χ3n) is 3.53. The molecule has 3 aromatic rings. The molecule has 0 aliphatic carbocycles. The van der Waals surface area contributed by atoms with Crippen LogP contribution in [0.3, 0.4) is 0 Å². The smallest absolute Gasteiger partial charge is 0.340 e. The standard InChI is InChI=1S/C18H14BrNO2/c19-10-14-8-7-13-4-1-2-6-16(13)17(14)12-22-18(21)15-5-3-9-20-11-15/h1-9,11H,10,12H2. The quantitative estimate of drug-likeness (QED) is 0.511. The van der Waals surface area contributed by atoms with Gasteiger partial charge in [0, 0.05) is 23.3 Å². The Morgan fingerprint density at radius 1 is 1.09 bits per heavy atom. The van der Waals surface area contributed by atoms with E-state index in [9.17, 15) is 4.79 Å². The van der Waals surface area contributed by atoms with Crippen molar-refractivity contribution in [3.05, 3.63) is 77.6 Å². The SMILES string of the molecule is O=C(OCc1c(CBr)ccc2ccccc12)c1cccnc1. The number of rotatable bonds is 4. The van der Waals surface area contributed by atoms with Crippen molar-refractivity contribution in [2.75, 3.05) is 0 Å². The van der Waals surface area contributed by atoms with E-state index in [2.05, 4.69) is 45.2 Å². The lowest BCUT2D eigenvalue weighted by Gasteiger charge is -2.12. The summed E-state index contributed by atoms with van der Waals surface area (Å²) in [6.07, 6.45) is 3.14. The van der Waals surface area contributed by atoms with Crippen LogP contribution in [-0.2, 0) is 16.7 Å². The van der Waals surface area contributed by atoms with Gasteiger partial charge in [0.05, 0.1) is 5.56 Å². The molecule has 0 spiro atoms. The summed E-state index contributed by atoms with van der Waals surface area (Å²) < 4.78 is 5.46. The molecule has 0 aliphatic heterocycles. The number of esters is 1. The van der Waals surface area contributed by atoms with Crippen molar-refractivity contribution in [2.45, 2.75) is 11.9 Å².